The highest BCUT2D eigenvalue weighted by molar-refractivity contribution is 7.19. The molecule has 0 radical (unpaired) electrons. The summed E-state index contributed by atoms with van der Waals surface area (Å²) in [4.78, 5) is 28.9. The lowest BCUT2D eigenvalue weighted by atomic mass is 9.87. The SMILES string of the molecule is CC(C)Oc1cc(N)c(C=N)cc1Nc1ncnc2sc3c(c12)CCC(C(=O)N1CCC(N(C)C)C1)C3. The van der Waals surface area contributed by atoms with Crippen molar-refractivity contribution in [1.29, 1.82) is 5.41 Å². The van der Waals surface area contributed by atoms with E-state index in [1.165, 1.54) is 16.7 Å². The molecule has 0 spiro atoms. The van der Waals surface area contributed by atoms with E-state index >= 15 is 0 Å². The summed E-state index contributed by atoms with van der Waals surface area (Å²) in [5.74, 6) is 1.62. The molecule has 1 aliphatic carbocycles. The highest BCUT2D eigenvalue weighted by atomic mass is 32.1. The molecule has 1 aliphatic heterocycles. The van der Waals surface area contributed by atoms with Crippen molar-refractivity contribution in [3.63, 3.8) is 0 Å². The van der Waals surface area contributed by atoms with Gasteiger partial charge in [-0.25, -0.2) is 9.97 Å². The number of likely N-dealkylation sites (tertiary alicyclic amines) is 1. The quantitative estimate of drug-likeness (QED) is 0.317. The maximum atomic E-state index is 13.3. The second-order valence-corrected chi connectivity index (χ2v) is 11.5. The Hall–Kier alpha value is -3.24. The van der Waals surface area contributed by atoms with Gasteiger partial charge in [-0.15, -0.1) is 11.3 Å². The number of likely N-dealkylation sites (N-methyl/N-ethyl adjacent to an activating group) is 1. The second kappa shape index (κ2) is 10.3. The summed E-state index contributed by atoms with van der Waals surface area (Å²) >= 11 is 1.66. The van der Waals surface area contributed by atoms with Crippen LogP contribution in [-0.2, 0) is 17.6 Å². The predicted molar refractivity (Wildman–Crippen MR) is 149 cm³/mol. The molecule has 2 aromatic heterocycles. The van der Waals surface area contributed by atoms with Crippen LogP contribution in [0.4, 0.5) is 17.2 Å². The van der Waals surface area contributed by atoms with E-state index in [4.69, 9.17) is 15.9 Å². The monoisotopic (exact) mass is 521 g/mol. The number of anilines is 3. The largest absolute Gasteiger partial charge is 0.489 e. The molecule has 0 saturated carbocycles. The van der Waals surface area contributed by atoms with Crippen molar-refractivity contribution in [2.75, 3.05) is 38.2 Å². The van der Waals surface area contributed by atoms with Gasteiger partial charge in [-0.2, -0.15) is 0 Å². The van der Waals surface area contributed by atoms with Crippen LogP contribution in [0.3, 0.4) is 0 Å². The number of nitrogens with two attached hydrogens (primary N) is 1. The standard InChI is InChI=1S/C27H35N7O2S/c1-15(2)36-22-11-20(29)17(12-28)9-21(22)32-25-24-19-6-5-16(10-23(19)37-26(24)31-14-30-25)27(35)34-8-7-18(13-34)33(3)4/h9,11-12,14-16,18,28H,5-8,10,13,29H2,1-4H3,(H,30,31,32). The van der Waals surface area contributed by atoms with Crippen LogP contribution in [0.15, 0.2) is 18.5 Å². The highest BCUT2D eigenvalue weighted by Gasteiger charge is 2.35. The fourth-order valence-corrected chi connectivity index (χ4v) is 6.62. The zero-order valence-corrected chi connectivity index (χ0v) is 22.7. The van der Waals surface area contributed by atoms with Gasteiger partial charge in [0.1, 0.15) is 22.7 Å². The number of thiophene rings is 1. The Kier molecular flexibility index (Phi) is 7.04. The van der Waals surface area contributed by atoms with Gasteiger partial charge in [-0.3, -0.25) is 4.79 Å². The van der Waals surface area contributed by atoms with Gasteiger partial charge >= 0.3 is 0 Å². The summed E-state index contributed by atoms with van der Waals surface area (Å²) in [7, 11) is 4.17. The number of carbonyl (C=O) groups excluding carboxylic acids is 1. The van der Waals surface area contributed by atoms with Gasteiger partial charge < -0.3 is 31.0 Å². The average molecular weight is 522 g/mol. The van der Waals surface area contributed by atoms with Crippen molar-refractivity contribution in [1.82, 2.24) is 19.8 Å². The van der Waals surface area contributed by atoms with Crippen LogP contribution < -0.4 is 15.8 Å². The van der Waals surface area contributed by atoms with Gasteiger partial charge in [0.25, 0.3) is 0 Å². The average Bonchev–Trinajstić information content (AvgIpc) is 3.50. The highest BCUT2D eigenvalue weighted by Crippen LogP contribution is 2.42. The van der Waals surface area contributed by atoms with E-state index in [1.54, 1.807) is 23.7 Å². The Balaban J connectivity index is 1.43. The number of hydrogen-bond acceptors (Lipinski definition) is 9. The molecule has 2 aliphatic rings. The van der Waals surface area contributed by atoms with Crippen molar-refractivity contribution < 1.29 is 9.53 Å². The van der Waals surface area contributed by atoms with E-state index in [2.05, 4.69) is 39.2 Å². The molecule has 10 heteroatoms. The number of hydrogen-bond donors (Lipinski definition) is 3. The molecule has 196 valence electrons. The Labute approximate surface area is 221 Å². The molecule has 2 unspecified atom stereocenters. The molecule has 3 heterocycles. The maximum absolute atomic E-state index is 13.3. The number of ether oxygens (including phenoxy) is 1. The van der Waals surface area contributed by atoms with Gasteiger partial charge in [0, 0.05) is 53.5 Å². The number of aromatic nitrogens is 2. The van der Waals surface area contributed by atoms with Crippen molar-refractivity contribution >= 4 is 50.9 Å². The number of rotatable bonds is 7. The first-order valence-corrected chi connectivity index (χ1v) is 13.6. The minimum atomic E-state index is -0.0387. The minimum Gasteiger partial charge on any atom is -0.489 e. The smallest absolute Gasteiger partial charge is 0.226 e. The summed E-state index contributed by atoms with van der Waals surface area (Å²) in [5, 5.41) is 12.2. The van der Waals surface area contributed by atoms with Crippen LogP contribution in [0.5, 0.6) is 5.75 Å². The lowest BCUT2D eigenvalue weighted by Crippen LogP contribution is -2.39. The molecule has 1 saturated heterocycles. The third kappa shape index (κ3) is 5.00. The molecule has 0 bridgehead atoms. The van der Waals surface area contributed by atoms with Gasteiger partial charge in [-0.1, -0.05) is 0 Å². The molecule has 5 rings (SSSR count). The molecular weight excluding hydrogens is 486 g/mol. The summed E-state index contributed by atoms with van der Waals surface area (Å²) in [6, 6.07) is 4.01. The van der Waals surface area contributed by atoms with Crippen LogP contribution >= 0.6 is 11.3 Å². The van der Waals surface area contributed by atoms with E-state index < -0.39 is 0 Å². The van der Waals surface area contributed by atoms with E-state index in [9.17, 15) is 4.79 Å². The van der Waals surface area contributed by atoms with Crippen LogP contribution in [0.25, 0.3) is 10.2 Å². The number of carbonyl (C=O) groups is 1. The van der Waals surface area contributed by atoms with Gasteiger partial charge in [0.15, 0.2) is 0 Å². The molecule has 1 aromatic carbocycles. The van der Waals surface area contributed by atoms with Crippen molar-refractivity contribution in [2.24, 2.45) is 5.92 Å². The van der Waals surface area contributed by atoms with Crippen molar-refractivity contribution in [3.8, 4) is 5.75 Å². The molecule has 1 amide bonds. The zero-order valence-electron chi connectivity index (χ0n) is 21.9. The molecule has 9 nitrogen and oxygen atoms in total. The molecule has 3 aromatic rings. The summed E-state index contributed by atoms with van der Waals surface area (Å²) < 4.78 is 6.01. The number of amides is 1. The van der Waals surface area contributed by atoms with Crippen molar-refractivity contribution in [2.45, 2.75) is 51.7 Å². The predicted octanol–water partition coefficient (Wildman–Crippen LogP) is 4.07. The van der Waals surface area contributed by atoms with Crippen LogP contribution in [0.2, 0.25) is 0 Å². The first kappa shape index (κ1) is 25.4. The maximum Gasteiger partial charge on any atom is 0.226 e. The van der Waals surface area contributed by atoms with Crippen molar-refractivity contribution in [3.05, 3.63) is 34.5 Å². The number of benzene rings is 1. The third-order valence-corrected chi connectivity index (χ3v) is 8.52. The Bertz CT molecular complexity index is 1340. The molecule has 4 N–H and O–H groups in total. The first-order valence-electron chi connectivity index (χ1n) is 12.8. The Morgan fingerprint density at radius 2 is 2.14 bits per heavy atom. The van der Waals surface area contributed by atoms with Crippen LogP contribution in [0.1, 0.15) is 42.7 Å². The second-order valence-electron chi connectivity index (χ2n) is 10.4. The van der Waals surface area contributed by atoms with E-state index in [0.717, 1.165) is 49.0 Å². The minimum absolute atomic E-state index is 0.0177. The van der Waals surface area contributed by atoms with E-state index in [0.29, 0.717) is 34.5 Å². The lowest BCUT2D eigenvalue weighted by molar-refractivity contribution is -0.134. The van der Waals surface area contributed by atoms with E-state index in [1.807, 2.05) is 19.9 Å². The fraction of sp³-hybridized carbons (Fsp3) is 0.481. The third-order valence-electron chi connectivity index (χ3n) is 7.36. The van der Waals surface area contributed by atoms with Crippen LogP contribution in [0, 0.1) is 11.3 Å². The number of nitrogens with one attached hydrogen (secondary N) is 2. The number of aryl methyl sites for hydroxylation is 1. The zero-order chi connectivity index (χ0) is 26.3. The Morgan fingerprint density at radius 3 is 2.84 bits per heavy atom. The lowest BCUT2D eigenvalue weighted by Gasteiger charge is -2.27. The molecule has 1 fully saturated rings. The number of fused-ring (bicyclic) bond motifs is 3. The normalized spacial score (nSPS) is 19.5. The molecule has 2 atom stereocenters. The van der Waals surface area contributed by atoms with E-state index in [-0.39, 0.29) is 17.9 Å². The van der Waals surface area contributed by atoms with Gasteiger partial charge in [-0.05, 0) is 65.3 Å². The van der Waals surface area contributed by atoms with Gasteiger partial charge in [0.2, 0.25) is 5.91 Å². The number of nitrogens with zero attached hydrogens (tertiary/aromatic N) is 4. The summed E-state index contributed by atoms with van der Waals surface area (Å²) in [6.45, 7) is 5.59. The first-order chi connectivity index (χ1) is 17.7. The molecular formula is C27H35N7O2S. The summed E-state index contributed by atoms with van der Waals surface area (Å²) in [5.41, 5.74) is 9.15. The fourth-order valence-electron chi connectivity index (χ4n) is 5.35. The van der Waals surface area contributed by atoms with Gasteiger partial charge in [0.05, 0.1) is 17.2 Å². The number of nitrogen functional groups attached to an aromatic ring is 1. The molecule has 37 heavy (non-hydrogen) atoms. The van der Waals surface area contributed by atoms with Crippen LogP contribution in [-0.4, -0.2) is 71.2 Å². The summed E-state index contributed by atoms with van der Waals surface area (Å²) in [6.07, 6.45) is 6.21. The Morgan fingerprint density at radius 1 is 1.32 bits per heavy atom. The topological polar surface area (TPSA) is 120 Å².